The van der Waals surface area contributed by atoms with E-state index in [9.17, 15) is 0 Å². The number of benzene rings is 3. The lowest BCUT2D eigenvalue weighted by Gasteiger charge is -2.10. The van der Waals surface area contributed by atoms with Crippen LogP contribution in [0.2, 0.25) is 5.02 Å². The van der Waals surface area contributed by atoms with E-state index in [1.165, 1.54) is 5.56 Å². The maximum atomic E-state index is 5.99. The fraction of sp³-hybridized carbons (Fsp3) is 0.0476. The van der Waals surface area contributed by atoms with Gasteiger partial charge in [-0.05, 0) is 37.3 Å². The third-order valence-corrected chi connectivity index (χ3v) is 4.26. The van der Waals surface area contributed by atoms with Crippen LogP contribution in [0, 0.1) is 6.92 Å². The molecule has 0 unspecified atom stereocenters. The minimum atomic E-state index is 0.497. The highest BCUT2D eigenvalue weighted by Gasteiger charge is 2.12. The van der Waals surface area contributed by atoms with Crippen molar-refractivity contribution in [1.82, 2.24) is 10.2 Å². The SMILES string of the molecule is Cc1ccc(Oc2nnc(-c3ccc(Cl)cc3)c3ccccc23)cc1. The van der Waals surface area contributed by atoms with Gasteiger partial charge in [-0.25, -0.2) is 0 Å². The lowest BCUT2D eigenvalue weighted by molar-refractivity contribution is 0.462. The van der Waals surface area contributed by atoms with E-state index < -0.39 is 0 Å². The fourth-order valence-electron chi connectivity index (χ4n) is 2.69. The normalized spacial score (nSPS) is 10.8. The van der Waals surface area contributed by atoms with Gasteiger partial charge in [0.25, 0.3) is 0 Å². The van der Waals surface area contributed by atoms with Crippen LogP contribution in [0.3, 0.4) is 0 Å². The van der Waals surface area contributed by atoms with Crippen LogP contribution in [0.15, 0.2) is 72.8 Å². The van der Waals surface area contributed by atoms with E-state index in [0.29, 0.717) is 10.9 Å². The van der Waals surface area contributed by atoms with Crippen LogP contribution in [0.25, 0.3) is 22.0 Å². The van der Waals surface area contributed by atoms with Gasteiger partial charge in [0.15, 0.2) is 0 Å². The van der Waals surface area contributed by atoms with Gasteiger partial charge in [0.2, 0.25) is 5.88 Å². The molecule has 0 spiro atoms. The molecule has 4 heteroatoms. The number of aryl methyl sites for hydroxylation is 1. The molecule has 0 radical (unpaired) electrons. The van der Waals surface area contributed by atoms with Crippen molar-refractivity contribution >= 4 is 22.4 Å². The highest BCUT2D eigenvalue weighted by molar-refractivity contribution is 6.30. The molecule has 0 aliphatic heterocycles. The molecule has 0 amide bonds. The van der Waals surface area contributed by atoms with E-state index in [-0.39, 0.29) is 0 Å². The number of aromatic nitrogens is 2. The second-order valence-electron chi connectivity index (χ2n) is 5.82. The Labute approximate surface area is 150 Å². The number of halogens is 1. The Kier molecular flexibility index (Phi) is 4.08. The average Bonchev–Trinajstić information content (AvgIpc) is 2.65. The minimum absolute atomic E-state index is 0.497. The molecule has 3 nitrogen and oxygen atoms in total. The highest BCUT2D eigenvalue weighted by atomic mass is 35.5. The van der Waals surface area contributed by atoms with Crippen molar-refractivity contribution in [3.8, 4) is 22.9 Å². The topological polar surface area (TPSA) is 35.0 Å². The zero-order chi connectivity index (χ0) is 17.2. The zero-order valence-corrected chi connectivity index (χ0v) is 14.4. The van der Waals surface area contributed by atoms with E-state index >= 15 is 0 Å². The first-order valence-corrected chi connectivity index (χ1v) is 8.34. The molecule has 1 heterocycles. The first kappa shape index (κ1) is 15.6. The monoisotopic (exact) mass is 346 g/mol. The van der Waals surface area contributed by atoms with E-state index in [4.69, 9.17) is 16.3 Å². The standard InChI is InChI=1S/C21H15ClN2O/c1-14-6-12-17(13-7-14)25-21-19-5-3-2-4-18(19)20(23-24-21)15-8-10-16(22)11-9-15/h2-13H,1H3. The second-order valence-corrected chi connectivity index (χ2v) is 6.26. The second kappa shape index (κ2) is 6.54. The lowest BCUT2D eigenvalue weighted by atomic mass is 10.1. The van der Waals surface area contributed by atoms with Gasteiger partial charge in [-0.15, -0.1) is 10.2 Å². The zero-order valence-electron chi connectivity index (χ0n) is 13.6. The summed E-state index contributed by atoms with van der Waals surface area (Å²) < 4.78 is 5.96. The molecule has 4 rings (SSSR count). The van der Waals surface area contributed by atoms with Gasteiger partial charge < -0.3 is 4.74 Å². The Morgan fingerprint density at radius 3 is 2.16 bits per heavy atom. The molecule has 0 fully saturated rings. The summed E-state index contributed by atoms with van der Waals surface area (Å²) in [5.41, 5.74) is 2.96. The highest BCUT2D eigenvalue weighted by Crippen LogP contribution is 2.33. The van der Waals surface area contributed by atoms with Gasteiger partial charge in [0.05, 0.1) is 0 Å². The molecule has 0 atom stereocenters. The first-order chi connectivity index (χ1) is 12.2. The van der Waals surface area contributed by atoms with Gasteiger partial charge in [0, 0.05) is 21.4 Å². The Bertz CT molecular complexity index is 1030. The summed E-state index contributed by atoms with van der Waals surface area (Å²) >= 11 is 5.99. The summed E-state index contributed by atoms with van der Waals surface area (Å²) in [4.78, 5) is 0. The number of hydrogen-bond acceptors (Lipinski definition) is 3. The minimum Gasteiger partial charge on any atom is -0.437 e. The van der Waals surface area contributed by atoms with Crippen LogP contribution in [0.4, 0.5) is 0 Å². The van der Waals surface area contributed by atoms with Crippen LogP contribution in [-0.4, -0.2) is 10.2 Å². The molecule has 0 bridgehead atoms. The van der Waals surface area contributed by atoms with Gasteiger partial charge in [0.1, 0.15) is 11.4 Å². The summed E-state index contributed by atoms with van der Waals surface area (Å²) in [7, 11) is 0. The average molecular weight is 347 g/mol. The summed E-state index contributed by atoms with van der Waals surface area (Å²) in [5, 5.41) is 11.3. The van der Waals surface area contributed by atoms with Crippen LogP contribution < -0.4 is 4.74 Å². The van der Waals surface area contributed by atoms with Crippen molar-refractivity contribution in [2.24, 2.45) is 0 Å². The number of nitrogens with zero attached hydrogens (tertiary/aromatic N) is 2. The van der Waals surface area contributed by atoms with Crippen molar-refractivity contribution < 1.29 is 4.74 Å². The maximum absolute atomic E-state index is 5.99. The predicted molar refractivity (Wildman–Crippen MR) is 101 cm³/mol. The quantitative estimate of drug-likeness (QED) is 0.453. The number of rotatable bonds is 3. The molecule has 0 aliphatic rings. The van der Waals surface area contributed by atoms with E-state index in [1.807, 2.05) is 79.7 Å². The molecule has 0 saturated carbocycles. The molecule has 0 aliphatic carbocycles. The van der Waals surface area contributed by atoms with Crippen molar-refractivity contribution in [2.75, 3.05) is 0 Å². The Morgan fingerprint density at radius 2 is 1.44 bits per heavy atom. The fourth-order valence-corrected chi connectivity index (χ4v) is 2.82. The van der Waals surface area contributed by atoms with Crippen LogP contribution in [-0.2, 0) is 0 Å². The first-order valence-electron chi connectivity index (χ1n) is 7.96. The molecule has 1 aromatic heterocycles. The Morgan fingerprint density at radius 1 is 0.760 bits per heavy atom. The van der Waals surface area contributed by atoms with Gasteiger partial charge in [-0.3, -0.25) is 0 Å². The van der Waals surface area contributed by atoms with Crippen LogP contribution >= 0.6 is 11.6 Å². The van der Waals surface area contributed by atoms with Gasteiger partial charge >= 0.3 is 0 Å². The van der Waals surface area contributed by atoms with Crippen molar-refractivity contribution in [1.29, 1.82) is 0 Å². The molecule has 122 valence electrons. The number of fused-ring (bicyclic) bond motifs is 1. The third-order valence-electron chi connectivity index (χ3n) is 4.01. The van der Waals surface area contributed by atoms with Crippen LogP contribution in [0.5, 0.6) is 11.6 Å². The largest absolute Gasteiger partial charge is 0.437 e. The van der Waals surface area contributed by atoms with Crippen molar-refractivity contribution in [3.05, 3.63) is 83.4 Å². The molecule has 25 heavy (non-hydrogen) atoms. The van der Waals surface area contributed by atoms with Crippen molar-refractivity contribution in [3.63, 3.8) is 0 Å². The van der Waals surface area contributed by atoms with E-state index in [0.717, 1.165) is 27.8 Å². The number of ether oxygens (including phenoxy) is 1. The molecule has 4 aromatic rings. The van der Waals surface area contributed by atoms with Crippen molar-refractivity contribution in [2.45, 2.75) is 6.92 Å². The summed E-state index contributed by atoms with van der Waals surface area (Å²) in [6.07, 6.45) is 0. The lowest BCUT2D eigenvalue weighted by Crippen LogP contribution is -1.95. The predicted octanol–water partition coefficient (Wildman–Crippen LogP) is 6.05. The molecule has 3 aromatic carbocycles. The Hall–Kier alpha value is -2.91. The smallest absolute Gasteiger partial charge is 0.246 e. The summed E-state index contributed by atoms with van der Waals surface area (Å²) in [6.45, 7) is 2.04. The number of hydrogen-bond donors (Lipinski definition) is 0. The maximum Gasteiger partial charge on any atom is 0.246 e. The molecular formula is C21H15ClN2O. The summed E-state index contributed by atoms with van der Waals surface area (Å²) in [5.74, 6) is 1.24. The third kappa shape index (κ3) is 3.19. The van der Waals surface area contributed by atoms with Gasteiger partial charge in [-0.2, -0.15) is 0 Å². The molecular weight excluding hydrogens is 332 g/mol. The molecule has 0 saturated heterocycles. The summed E-state index contributed by atoms with van der Waals surface area (Å²) in [6, 6.07) is 23.4. The Balaban J connectivity index is 1.81. The molecule has 0 N–H and O–H groups in total. The van der Waals surface area contributed by atoms with E-state index in [2.05, 4.69) is 10.2 Å². The van der Waals surface area contributed by atoms with Crippen LogP contribution in [0.1, 0.15) is 5.56 Å². The van der Waals surface area contributed by atoms with Gasteiger partial charge in [-0.1, -0.05) is 59.6 Å². The van der Waals surface area contributed by atoms with E-state index in [1.54, 1.807) is 0 Å².